The van der Waals surface area contributed by atoms with Gasteiger partial charge in [-0.05, 0) is 30.7 Å². The lowest BCUT2D eigenvalue weighted by Gasteiger charge is -1.98. The average Bonchev–Trinajstić information content (AvgIpc) is 2.85. The molecule has 9 nitrogen and oxygen atoms in total. The standard InChI is InChI=1S/C12H11N5O4/c1-7-4-9(15-14-7)12(19)16-13-6-8-2-3-10(17(20)21)11(18)5-8/h2-6,18H,1H3,(H,14,15)(H,16,19). The van der Waals surface area contributed by atoms with Crippen LogP contribution in [0.3, 0.4) is 0 Å². The summed E-state index contributed by atoms with van der Waals surface area (Å²) >= 11 is 0. The number of amides is 1. The molecule has 1 aromatic carbocycles. The van der Waals surface area contributed by atoms with Crippen LogP contribution in [-0.2, 0) is 0 Å². The van der Waals surface area contributed by atoms with Crippen molar-refractivity contribution < 1.29 is 14.8 Å². The minimum absolute atomic E-state index is 0.191. The summed E-state index contributed by atoms with van der Waals surface area (Å²) in [4.78, 5) is 21.5. The fourth-order valence-corrected chi connectivity index (χ4v) is 1.53. The topological polar surface area (TPSA) is 134 Å². The second-order valence-electron chi connectivity index (χ2n) is 4.14. The summed E-state index contributed by atoms with van der Waals surface area (Å²) in [5.74, 6) is -0.972. The van der Waals surface area contributed by atoms with Crippen molar-refractivity contribution in [3.63, 3.8) is 0 Å². The maximum absolute atomic E-state index is 11.6. The van der Waals surface area contributed by atoms with Gasteiger partial charge in [0, 0.05) is 11.8 Å². The summed E-state index contributed by atoms with van der Waals surface area (Å²) in [5.41, 5.74) is 3.18. The van der Waals surface area contributed by atoms with Crippen LogP contribution in [-0.4, -0.2) is 32.3 Å². The van der Waals surface area contributed by atoms with Crippen LogP contribution < -0.4 is 5.43 Å². The van der Waals surface area contributed by atoms with Crippen LogP contribution in [0.1, 0.15) is 21.7 Å². The first kappa shape index (κ1) is 14.2. The fraction of sp³-hybridized carbons (Fsp3) is 0.0833. The minimum atomic E-state index is -0.696. The van der Waals surface area contributed by atoms with Gasteiger partial charge in [0.15, 0.2) is 11.4 Å². The molecule has 9 heteroatoms. The number of carbonyl (C=O) groups is 1. The average molecular weight is 289 g/mol. The molecule has 0 aliphatic carbocycles. The highest BCUT2D eigenvalue weighted by atomic mass is 16.6. The number of nitrogens with one attached hydrogen (secondary N) is 2. The van der Waals surface area contributed by atoms with Crippen molar-refractivity contribution in [2.75, 3.05) is 0 Å². The van der Waals surface area contributed by atoms with Crippen LogP contribution in [0.25, 0.3) is 0 Å². The molecule has 0 unspecified atom stereocenters. The van der Waals surface area contributed by atoms with Crippen molar-refractivity contribution in [1.82, 2.24) is 15.6 Å². The van der Waals surface area contributed by atoms with E-state index in [4.69, 9.17) is 0 Å². The van der Waals surface area contributed by atoms with Gasteiger partial charge in [-0.3, -0.25) is 20.0 Å². The van der Waals surface area contributed by atoms with Crippen LogP contribution >= 0.6 is 0 Å². The first-order valence-electron chi connectivity index (χ1n) is 5.80. The molecule has 0 aliphatic heterocycles. The molecule has 1 aromatic heterocycles. The molecule has 0 saturated carbocycles. The molecule has 3 N–H and O–H groups in total. The number of benzene rings is 1. The van der Waals surface area contributed by atoms with Gasteiger partial charge in [0.1, 0.15) is 0 Å². The lowest BCUT2D eigenvalue weighted by Crippen LogP contribution is -2.18. The summed E-state index contributed by atoms with van der Waals surface area (Å²) in [5, 5.41) is 30.1. The molecule has 2 aromatic rings. The van der Waals surface area contributed by atoms with E-state index >= 15 is 0 Å². The molecule has 0 spiro atoms. The van der Waals surface area contributed by atoms with Crippen molar-refractivity contribution in [2.24, 2.45) is 5.10 Å². The third kappa shape index (κ3) is 3.41. The van der Waals surface area contributed by atoms with E-state index in [0.717, 1.165) is 11.8 Å². The molecule has 0 aliphatic rings. The number of hydrogen-bond acceptors (Lipinski definition) is 6. The Labute approximate surface area is 118 Å². The van der Waals surface area contributed by atoms with Crippen LogP contribution in [0.5, 0.6) is 5.75 Å². The number of phenolic OH excluding ortho intramolecular Hbond substituents is 1. The molecule has 2 rings (SSSR count). The highest BCUT2D eigenvalue weighted by Crippen LogP contribution is 2.25. The van der Waals surface area contributed by atoms with Gasteiger partial charge in [0.25, 0.3) is 5.91 Å². The van der Waals surface area contributed by atoms with Crippen molar-refractivity contribution in [2.45, 2.75) is 6.92 Å². The summed E-state index contributed by atoms with van der Waals surface area (Å²) in [7, 11) is 0. The molecule has 0 radical (unpaired) electrons. The summed E-state index contributed by atoms with van der Waals surface area (Å²) < 4.78 is 0. The van der Waals surface area contributed by atoms with Gasteiger partial charge >= 0.3 is 5.69 Å². The molecular weight excluding hydrogens is 278 g/mol. The normalized spacial score (nSPS) is 10.7. The molecular formula is C12H11N5O4. The van der Waals surface area contributed by atoms with Crippen LogP contribution in [0.4, 0.5) is 5.69 Å². The Kier molecular flexibility index (Phi) is 3.93. The number of nitro groups is 1. The first-order chi connectivity index (χ1) is 9.97. The van der Waals surface area contributed by atoms with E-state index in [1.54, 1.807) is 13.0 Å². The highest BCUT2D eigenvalue weighted by Gasteiger charge is 2.12. The number of H-pyrrole nitrogens is 1. The molecule has 1 heterocycles. The second-order valence-corrected chi connectivity index (χ2v) is 4.14. The summed E-state index contributed by atoms with van der Waals surface area (Å²) in [6.45, 7) is 1.76. The quantitative estimate of drug-likeness (QED) is 0.440. The Bertz CT molecular complexity index is 722. The fourth-order valence-electron chi connectivity index (χ4n) is 1.53. The molecule has 0 bridgehead atoms. The third-order valence-corrected chi connectivity index (χ3v) is 2.51. The predicted octanol–water partition coefficient (Wildman–Crippen LogP) is 1.10. The zero-order valence-corrected chi connectivity index (χ0v) is 10.9. The van der Waals surface area contributed by atoms with Crippen LogP contribution in [0.15, 0.2) is 29.4 Å². The number of rotatable bonds is 4. The molecule has 108 valence electrons. The summed E-state index contributed by atoms with van der Waals surface area (Å²) in [6, 6.07) is 5.27. The lowest BCUT2D eigenvalue weighted by atomic mass is 10.2. The Morgan fingerprint density at radius 2 is 2.29 bits per heavy atom. The maximum Gasteiger partial charge on any atom is 0.310 e. The SMILES string of the molecule is Cc1cc(C(=O)NN=Cc2ccc([N+](=O)[O-])c(O)c2)n[nH]1. The number of nitrogens with zero attached hydrogens (tertiary/aromatic N) is 3. The lowest BCUT2D eigenvalue weighted by molar-refractivity contribution is -0.385. The summed E-state index contributed by atoms with van der Waals surface area (Å²) in [6.07, 6.45) is 1.25. The number of hydrazone groups is 1. The highest BCUT2D eigenvalue weighted by molar-refractivity contribution is 5.93. The van der Waals surface area contributed by atoms with Gasteiger partial charge < -0.3 is 5.11 Å². The molecule has 0 atom stereocenters. The smallest absolute Gasteiger partial charge is 0.310 e. The van der Waals surface area contributed by atoms with Crippen molar-refractivity contribution in [1.29, 1.82) is 0 Å². The molecule has 21 heavy (non-hydrogen) atoms. The molecule has 1 amide bonds. The van der Waals surface area contributed by atoms with Crippen molar-refractivity contribution in [3.05, 3.63) is 51.3 Å². The monoisotopic (exact) mass is 289 g/mol. The molecule has 0 fully saturated rings. The maximum atomic E-state index is 11.6. The van der Waals surface area contributed by atoms with E-state index in [2.05, 4.69) is 20.7 Å². The van der Waals surface area contributed by atoms with Gasteiger partial charge in [-0.1, -0.05) is 0 Å². The zero-order valence-electron chi connectivity index (χ0n) is 10.9. The molecule has 0 saturated heterocycles. The Hall–Kier alpha value is -3.23. The van der Waals surface area contributed by atoms with Gasteiger partial charge in [0.05, 0.1) is 11.1 Å². The second kappa shape index (κ2) is 5.82. The van der Waals surface area contributed by atoms with Gasteiger partial charge in [-0.15, -0.1) is 0 Å². The van der Waals surface area contributed by atoms with Gasteiger partial charge in [-0.2, -0.15) is 10.2 Å². The van der Waals surface area contributed by atoms with E-state index in [-0.39, 0.29) is 5.69 Å². The van der Waals surface area contributed by atoms with Crippen LogP contribution in [0.2, 0.25) is 0 Å². The van der Waals surface area contributed by atoms with Crippen LogP contribution in [0, 0.1) is 17.0 Å². The number of aromatic hydroxyl groups is 1. The number of aryl methyl sites for hydroxylation is 1. The Morgan fingerprint density at radius 1 is 1.52 bits per heavy atom. The number of aromatic nitrogens is 2. The van der Waals surface area contributed by atoms with Crippen molar-refractivity contribution in [3.8, 4) is 5.75 Å². The van der Waals surface area contributed by atoms with Gasteiger partial charge in [-0.25, -0.2) is 5.43 Å². The van der Waals surface area contributed by atoms with E-state index < -0.39 is 22.3 Å². The zero-order chi connectivity index (χ0) is 15.4. The van der Waals surface area contributed by atoms with E-state index in [1.807, 2.05) is 0 Å². The largest absolute Gasteiger partial charge is 0.502 e. The van der Waals surface area contributed by atoms with E-state index in [0.29, 0.717) is 5.56 Å². The number of aromatic amines is 1. The van der Waals surface area contributed by atoms with Gasteiger partial charge in [0.2, 0.25) is 0 Å². The Balaban J connectivity index is 2.03. The number of carbonyl (C=O) groups excluding carboxylic acids is 1. The number of hydrogen-bond donors (Lipinski definition) is 3. The van der Waals surface area contributed by atoms with Crippen molar-refractivity contribution >= 4 is 17.8 Å². The Morgan fingerprint density at radius 3 is 2.86 bits per heavy atom. The third-order valence-electron chi connectivity index (χ3n) is 2.51. The first-order valence-corrected chi connectivity index (χ1v) is 5.80. The van der Waals surface area contributed by atoms with E-state index in [1.165, 1.54) is 18.3 Å². The van der Waals surface area contributed by atoms with E-state index in [9.17, 15) is 20.0 Å². The number of phenols is 1. The number of nitro benzene ring substituents is 1. The minimum Gasteiger partial charge on any atom is -0.502 e. The predicted molar refractivity (Wildman–Crippen MR) is 73.1 cm³/mol.